The zero-order chi connectivity index (χ0) is 12.9. The summed E-state index contributed by atoms with van der Waals surface area (Å²) < 4.78 is 26.0. The Kier molecular flexibility index (Phi) is 5.10. The molecule has 0 atom stereocenters. The van der Waals surface area contributed by atoms with Gasteiger partial charge in [0.25, 0.3) is 5.91 Å². The first kappa shape index (κ1) is 14.1. The van der Waals surface area contributed by atoms with Gasteiger partial charge in [-0.25, -0.2) is 13.1 Å². The van der Waals surface area contributed by atoms with Crippen molar-refractivity contribution >= 4 is 27.3 Å². The number of thiophene rings is 1. The molecule has 7 heteroatoms. The standard InChI is InChI=1S/C10H16N2O3S2/c1-3-5-12-17(14,15)8-6-9(16-7-8)10(13)11-4-2/h6-7,12H,3-5H2,1-2H3,(H,11,13). The van der Waals surface area contributed by atoms with Crippen LogP contribution in [0.3, 0.4) is 0 Å². The van der Waals surface area contributed by atoms with Crippen LogP contribution in [0.25, 0.3) is 0 Å². The van der Waals surface area contributed by atoms with Crippen molar-refractivity contribution in [3.05, 3.63) is 16.3 Å². The number of sulfonamides is 1. The highest BCUT2D eigenvalue weighted by molar-refractivity contribution is 7.89. The second-order valence-corrected chi connectivity index (χ2v) is 6.08. The molecular formula is C10H16N2O3S2. The predicted molar refractivity (Wildman–Crippen MR) is 67.8 cm³/mol. The Morgan fingerprint density at radius 3 is 2.71 bits per heavy atom. The first-order valence-corrected chi connectivity index (χ1v) is 7.74. The van der Waals surface area contributed by atoms with Crippen molar-refractivity contribution in [1.29, 1.82) is 0 Å². The molecule has 1 aromatic heterocycles. The second kappa shape index (κ2) is 6.13. The van der Waals surface area contributed by atoms with Gasteiger partial charge in [-0.2, -0.15) is 0 Å². The Morgan fingerprint density at radius 2 is 2.12 bits per heavy atom. The van der Waals surface area contributed by atoms with Gasteiger partial charge >= 0.3 is 0 Å². The van der Waals surface area contributed by atoms with Crippen molar-refractivity contribution in [1.82, 2.24) is 10.0 Å². The Labute approximate surface area is 105 Å². The molecule has 0 spiro atoms. The summed E-state index contributed by atoms with van der Waals surface area (Å²) in [5, 5.41) is 4.10. The highest BCUT2D eigenvalue weighted by Crippen LogP contribution is 2.19. The molecule has 2 N–H and O–H groups in total. The number of hydrogen-bond donors (Lipinski definition) is 2. The molecule has 1 aromatic rings. The van der Waals surface area contributed by atoms with E-state index in [2.05, 4.69) is 10.0 Å². The third kappa shape index (κ3) is 3.79. The van der Waals surface area contributed by atoms with Gasteiger partial charge < -0.3 is 5.32 Å². The quantitative estimate of drug-likeness (QED) is 0.819. The van der Waals surface area contributed by atoms with Crippen LogP contribution in [-0.2, 0) is 10.0 Å². The summed E-state index contributed by atoms with van der Waals surface area (Å²) in [4.78, 5) is 12.0. The Hall–Kier alpha value is -0.920. The fourth-order valence-electron chi connectivity index (χ4n) is 1.15. The lowest BCUT2D eigenvalue weighted by Crippen LogP contribution is -2.24. The topological polar surface area (TPSA) is 75.3 Å². The molecule has 0 saturated heterocycles. The smallest absolute Gasteiger partial charge is 0.261 e. The van der Waals surface area contributed by atoms with Crippen molar-refractivity contribution in [2.24, 2.45) is 0 Å². The highest BCUT2D eigenvalue weighted by atomic mass is 32.2. The minimum Gasteiger partial charge on any atom is -0.352 e. The Morgan fingerprint density at radius 1 is 1.41 bits per heavy atom. The van der Waals surface area contributed by atoms with Gasteiger partial charge in [-0.15, -0.1) is 11.3 Å². The minimum absolute atomic E-state index is 0.150. The lowest BCUT2D eigenvalue weighted by Gasteiger charge is -2.02. The van der Waals surface area contributed by atoms with E-state index in [1.807, 2.05) is 13.8 Å². The molecule has 5 nitrogen and oxygen atoms in total. The monoisotopic (exact) mass is 276 g/mol. The zero-order valence-electron chi connectivity index (χ0n) is 9.82. The SMILES string of the molecule is CCCNS(=O)(=O)c1csc(C(=O)NCC)c1. The molecular weight excluding hydrogens is 260 g/mol. The van der Waals surface area contributed by atoms with Crippen LogP contribution in [-0.4, -0.2) is 27.4 Å². The first-order chi connectivity index (χ1) is 8.01. The fourth-order valence-corrected chi connectivity index (χ4v) is 3.47. The van der Waals surface area contributed by atoms with Crippen LogP contribution >= 0.6 is 11.3 Å². The number of amides is 1. The molecule has 0 bridgehead atoms. The number of nitrogens with one attached hydrogen (secondary N) is 2. The predicted octanol–water partition coefficient (Wildman–Crippen LogP) is 1.19. The van der Waals surface area contributed by atoms with E-state index in [0.717, 1.165) is 17.8 Å². The number of hydrogen-bond acceptors (Lipinski definition) is 4. The highest BCUT2D eigenvalue weighted by Gasteiger charge is 2.17. The first-order valence-electron chi connectivity index (χ1n) is 5.37. The summed E-state index contributed by atoms with van der Waals surface area (Å²) in [5.41, 5.74) is 0. The number of carbonyl (C=O) groups excluding carboxylic acids is 1. The fraction of sp³-hybridized carbons (Fsp3) is 0.500. The van der Waals surface area contributed by atoms with E-state index in [1.165, 1.54) is 11.4 Å². The molecule has 0 fully saturated rings. The second-order valence-electron chi connectivity index (χ2n) is 3.40. The minimum atomic E-state index is -3.47. The van der Waals surface area contributed by atoms with Crippen molar-refractivity contribution in [2.75, 3.05) is 13.1 Å². The van der Waals surface area contributed by atoms with Crippen LogP contribution in [0.4, 0.5) is 0 Å². The van der Waals surface area contributed by atoms with E-state index < -0.39 is 10.0 Å². The maximum absolute atomic E-state index is 11.7. The molecule has 1 heterocycles. The van der Waals surface area contributed by atoms with Gasteiger partial charge in [0, 0.05) is 18.5 Å². The van der Waals surface area contributed by atoms with Gasteiger partial charge in [-0.05, 0) is 19.4 Å². The molecule has 0 aliphatic rings. The van der Waals surface area contributed by atoms with Crippen molar-refractivity contribution in [3.63, 3.8) is 0 Å². The lowest BCUT2D eigenvalue weighted by molar-refractivity contribution is 0.0959. The van der Waals surface area contributed by atoms with Crippen molar-refractivity contribution in [2.45, 2.75) is 25.2 Å². The van der Waals surface area contributed by atoms with E-state index >= 15 is 0 Å². The Bertz CT molecular complexity index is 479. The van der Waals surface area contributed by atoms with E-state index in [4.69, 9.17) is 0 Å². The summed E-state index contributed by atoms with van der Waals surface area (Å²) in [6.45, 7) is 4.61. The third-order valence-electron chi connectivity index (χ3n) is 1.99. The molecule has 0 saturated carbocycles. The van der Waals surface area contributed by atoms with Gasteiger partial charge in [0.15, 0.2) is 0 Å². The molecule has 1 amide bonds. The zero-order valence-corrected chi connectivity index (χ0v) is 11.5. The number of rotatable bonds is 6. The van der Waals surface area contributed by atoms with E-state index in [-0.39, 0.29) is 10.8 Å². The summed E-state index contributed by atoms with van der Waals surface area (Å²) >= 11 is 1.13. The largest absolute Gasteiger partial charge is 0.352 e. The van der Waals surface area contributed by atoms with Gasteiger partial charge in [0.1, 0.15) is 0 Å². The molecule has 0 aliphatic carbocycles. The molecule has 0 aliphatic heterocycles. The maximum Gasteiger partial charge on any atom is 0.261 e. The van der Waals surface area contributed by atoms with Gasteiger partial charge in [-0.3, -0.25) is 4.79 Å². The van der Waals surface area contributed by atoms with Gasteiger partial charge in [0.2, 0.25) is 10.0 Å². The summed E-state index contributed by atoms with van der Waals surface area (Å²) in [6, 6.07) is 1.40. The summed E-state index contributed by atoms with van der Waals surface area (Å²) in [7, 11) is -3.47. The van der Waals surface area contributed by atoms with Crippen LogP contribution in [0.2, 0.25) is 0 Å². The van der Waals surface area contributed by atoms with Crippen LogP contribution in [0.15, 0.2) is 16.3 Å². The Balaban J connectivity index is 2.84. The summed E-state index contributed by atoms with van der Waals surface area (Å²) in [6.07, 6.45) is 0.729. The van der Waals surface area contributed by atoms with Crippen LogP contribution in [0.1, 0.15) is 29.9 Å². The normalized spacial score (nSPS) is 11.4. The third-order valence-corrected chi connectivity index (χ3v) is 4.51. The molecule has 96 valence electrons. The van der Waals surface area contributed by atoms with Crippen LogP contribution < -0.4 is 10.0 Å². The lowest BCUT2D eigenvalue weighted by atomic mass is 10.4. The van der Waals surface area contributed by atoms with E-state index in [0.29, 0.717) is 18.0 Å². The molecule has 17 heavy (non-hydrogen) atoms. The van der Waals surface area contributed by atoms with Crippen molar-refractivity contribution < 1.29 is 13.2 Å². The van der Waals surface area contributed by atoms with Crippen molar-refractivity contribution in [3.8, 4) is 0 Å². The number of carbonyl (C=O) groups is 1. The average Bonchev–Trinajstić information content (AvgIpc) is 2.77. The molecule has 0 radical (unpaired) electrons. The van der Waals surface area contributed by atoms with Gasteiger partial charge in [0.05, 0.1) is 9.77 Å². The summed E-state index contributed by atoms with van der Waals surface area (Å²) in [5.74, 6) is -0.241. The molecule has 0 unspecified atom stereocenters. The average molecular weight is 276 g/mol. The molecule has 1 rings (SSSR count). The van der Waals surface area contributed by atoms with Gasteiger partial charge in [-0.1, -0.05) is 6.92 Å². The van der Waals surface area contributed by atoms with Crippen LogP contribution in [0, 0.1) is 0 Å². The maximum atomic E-state index is 11.7. The van der Waals surface area contributed by atoms with E-state index in [1.54, 1.807) is 0 Å². The van der Waals surface area contributed by atoms with Crippen LogP contribution in [0.5, 0.6) is 0 Å². The van der Waals surface area contributed by atoms with E-state index in [9.17, 15) is 13.2 Å². The molecule has 0 aromatic carbocycles.